The lowest BCUT2D eigenvalue weighted by Gasteiger charge is -2.45. The van der Waals surface area contributed by atoms with Gasteiger partial charge in [0, 0.05) is 19.9 Å². The van der Waals surface area contributed by atoms with Crippen LogP contribution in [0.1, 0.15) is 58.8 Å². The van der Waals surface area contributed by atoms with E-state index in [1.165, 1.54) is 51.0 Å². The topological polar surface area (TPSA) is 18.5 Å². The zero-order valence-corrected chi connectivity index (χ0v) is 14.1. The van der Waals surface area contributed by atoms with E-state index in [0.717, 1.165) is 24.3 Å². The van der Waals surface area contributed by atoms with Crippen molar-refractivity contribution in [3.63, 3.8) is 0 Å². The Morgan fingerprint density at radius 2 is 1.84 bits per heavy atom. The fraction of sp³-hybridized carbons (Fsp3) is 1.00. The molecule has 0 aromatic carbocycles. The summed E-state index contributed by atoms with van der Waals surface area (Å²) in [5, 5.41) is 0. The first-order valence-corrected chi connectivity index (χ1v) is 10.9. The molecule has 3 heteroatoms. The van der Waals surface area contributed by atoms with Gasteiger partial charge in [0.2, 0.25) is 0 Å². The third-order valence-corrected chi connectivity index (χ3v) is 11.5. The Morgan fingerprint density at radius 3 is 2.37 bits per heavy atom. The van der Waals surface area contributed by atoms with Crippen molar-refractivity contribution in [1.82, 2.24) is 0 Å². The molecule has 1 aliphatic carbocycles. The summed E-state index contributed by atoms with van der Waals surface area (Å²) in [6, 6.07) is 1.40. The summed E-state index contributed by atoms with van der Waals surface area (Å²) >= 11 is 0. The van der Waals surface area contributed by atoms with Gasteiger partial charge >= 0.3 is 0 Å². The van der Waals surface area contributed by atoms with E-state index < -0.39 is 8.07 Å². The third kappa shape index (κ3) is 3.62. The van der Waals surface area contributed by atoms with Gasteiger partial charge in [0.15, 0.2) is 0 Å². The molecule has 2 rings (SSSR count). The molecule has 0 radical (unpaired) electrons. The van der Waals surface area contributed by atoms with Crippen LogP contribution in [0.15, 0.2) is 0 Å². The minimum atomic E-state index is -1.47. The zero-order chi connectivity index (χ0) is 13.7. The van der Waals surface area contributed by atoms with Crippen LogP contribution in [0.4, 0.5) is 0 Å². The molecule has 0 bridgehead atoms. The molecule has 0 aromatic heterocycles. The molecule has 2 aliphatic rings. The molecular weight excluding hydrogens is 252 g/mol. The van der Waals surface area contributed by atoms with Crippen LogP contribution in [-0.2, 0) is 9.47 Å². The van der Waals surface area contributed by atoms with E-state index in [1.54, 1.807) is 0 Å². The Morgan fingerprint density at radius 1 is 1.11 bits per heavy atom. The Bertz CT molecular complexity index is 257. The predicted molar refractivity (Wildman–Crippen MR) is 83.1 cm³/mol. The molecular formula is C16H32O2Si. The smallest absolute Gasteiger partial charge is 0.120 e. The number of methoxy groups -OCH3 is 1. The lowest BCUT2D eigenvalue weighted by molar-refractivity contribution is 0.144. The fourth-order valence-corrected chi connectivity index (χ4v) is 11.1. The summed E-state index contributed by atoms with van der Waals surface area (Å²) in [7, 11) is 0.433. The zero-order valence-electron chi connectivity index (χ0n) is 13.1. The molecule has 0 N–H and O–H groups in total. The largest absolute Gasteiger partial charge is 0.388 e. The standard InChI is InChI=1S/C16H32O2Si/c1-14(2)12-19(13-17-3,16-10-7-11-18-16)15-8-5-4-6-9-15/h14-16H,4-13H2,1-3H3. The molecule has 0 amide bonds. The second kappa shape index (κ2) is 7.23. The summed E-state index contributed by atoms with van der Waals surface area (Å²) in [4.78, 5) is 0. The van der Waals surface area contributed by atoms with Gasteiger partial charge in [-0.3, -0.25) is 0 Å². The van der Waals surface area contributed by atoms with Gasteiger partial charge in [-0.1, -0.05) is 52.0 Å². The van der Waals surface area contributed by atoms with Crippen LogP contribution >= 0.6 is 0 Å². The second-order valence-corrected chi connectivity index (χ2v) is 11.7. The molecule has 2 fully saturated rings. The van der Waals surface area contributed by atoms with E-state index in [4.69, 9.17) is 9.47 Å². The molecule has 2 nitrogen and oxygen atoms in total. The van der Waals surface area contributed by atoms with E-state index >= 15 is 0 Å². The minimum absolute atomic E-state index is 0.581. The molecule has 2 atom stereocenters. The van der Waals surface area contributed by atoms with Crippen LogP contribution in [0.5, 0.6) is 0 Å². The van der Waals surface area contributed by atoms with Gasteiger partial charge in [-0.25, -0.2) is 0 Å². The van der Waals surface area contributed by atoms with Gasteiger partial charge in [-0.05, 0) is 24.3 Å². The normalized spacial score (nSPS) is 28.7. The first-order valence-electron chi connectivity index (χ1n) is 8.29. The van der Waals surface area contributed by atoms with Crippen molar-refractivity contribution in [3.8, 4) is 0 Å². The average molecular weight is 285 g/mol. The van der Waals surface area contributed by atoms with Gasteiger partial charge in [0.05, 0.1) is 5.73 Å². The molecule has 19 heavy (non-hydrogen) atoms. The van der Waals surface area contributed by atoms with Crippen LogP contribution in [0, 0.1) is 5.92 Å². The Balaban J connectivity index is 2.20. The highest BCUT2D eigenvalue weighted by Gasteiger charge is 2.49. The molecule has 0 spiro atoms. The summed E-state index contributed by atoms with van der Waals surface area (Å²) in [5.74, 6) is 0.785. The van der Waals surface area contributed by atoms with Gasteiger partial charge in [0.25, 0.3) is 0 Å². The lowest BCUT2D eigenvalue weighted by Crippen LogP contribution is -2.56. The SMILES string of the molecule is COC[Si](CC(C)C)(C1CCCCC1)C1CCCO1. The van der Waals surface area contributed by atoms with Crippen molar-refractivity contribution < 1.29 is 9.47 Å². The van der Waals surface area contributed by atoms with Crippen molar-refractivity contribution in [2.75, 3.05) is 19.9 Å². The summed E-state index contributed by atoms with van der Waals surface area (Å²) in [6.45, 7) is 5.76. The van der Waals surface area contributed by atoms with Crippen molar-refractivity contribution in [2.45, 2.75) is 76.1 Å². The van der Waals surface area contributed by atoms with Crippen molar-refractivity contribution in [3.05, 3.63) is 0 Å². The minimum Gasteiger partial charge on any atom is -0.388 e. The first kappa shape index (κ1) is 15.5. The van der Waals surface area contributed by atoms with Gasteiger partial charge < -0.3 is 9.47 Å². The second-order valence-electron chi connectivity index (χ2n) is 7.10. The predicted octanol–water partition coefficient (Wildman–Crippen LogP) is 4.33. The highest BCUT2D eigenvalue weighted by atomic mass is 28.3. The van der Waals surface area contributed by atoms with Crippen LogP contribution in [0.2, 0.25) is 11.6 Å². The van der Waals surface area contributed by atoms with Crippen LogP contribution < -0.4 is 0 Å². The third-order valence-electron chi connectivity index (χ3n) is 5.19. The van der Waals surface area contributed by atoms with Gasteiger partial charge in [-0.15, -0.1) is 0 Å². The van der Waals surface area contributed by atoms with Crippen LogP contribution in [0.25, 0.3) is 0 Å². The quantitative estimate of drug-likeness (QED) is 0.676. The lowest BCUT2D eigenvalue weighted by atomic mass is 10.0. The number of hydrogen-bond donors (Lipinski definition) is 0. The maximum Gasteiger partial charge on any atom is 0.120 e. The maximum absolute atomic E-state index is 6.21. The summed E-state index contributed by atoms with van der Waals surface area (Å²) in [5.41, 5.74) is 1.53. The average Bonchev–Trinajstić information content (AvgIpc) is 2.93. The molecule has 0 aromatic rings. The number of hydrogen-bond acceptors (Lipinski definition) is 2. The molecule has 1 heterocycles. The van der Waals surface area contributed by atoms with Gasteiger partial charge in [0.1, 0.15) is 8.07 Å². The van der Waals surface area contributed by atoms with E-state index in [0.29, 0.717) is 5.73 Å². The molecule has 1 saturated carbocycles. The van der Waals surface area contributed by atoms with Crippen molar-refractivity contribution >= 4 is 8.07 Å². The van der Waals surface area contributed by atoms with E-state index in [-0.39, 0.29) is 0 Å². The number of rotatable bonds is 6. The van der Waals surface area contributed by atoms with Crippen LogP contribution in [-0.4, -0.2) is 33.7 Å². The molecule has 1 saturated heterocycles. The monoisotopic (exact) mass is 284 g/mol. The Hall–Kier alpha value is 0.137. The van der Waals surface area contributed by atoms with Crippen LogP contribution in [0.3, 0.4) is 0 Å². The van der Waals surface area contributed by atoms with E-state index in [9.17, 15) is 0 Å². The maximum atomic E-state index is 6.21. The van der Waals surface area contributed by atoms with Crippen molar-refractivity contribution in [2.24, 2.45) is 5.92 Å². The van der Waals surface area contributed by atoms with E-state index in [1.807, 2.05) is 7.11 Å². The molecule has 112 valence electrons. The summed E-state index contributed by atoms with van der Waals surface area (Å²) < 4.78 is 12.0. The van der Waals surface area contributed by atoms with E-state index in [2.05, 4.69) is 13.8 Å². The highest BCUT2D eigenvalue weighted by molar-refractivity contribution is 6.82. The fourth-order valence-electron chi connectivity index (χ4n) is 4.57. The number of ether oxygens (including phenoxy) is 2. The van der Waals surface area contributed by atoms with Gasteiger partial charge in [-0.2, -0.15) is 0 Å². The summed E-state index contributed by atoms with van der Waals surface area (Å²) in [6.07, 6.45) is 10.8. The molecule has 2 unspecified atom stereocenters. The van der Waals surface area contributed by atoms with Crippen molar-refractivity contribution in [1.29, 1.82) is 0 Å². The first-order chi connectivity index (χ1) is 9.19. The highest BCUT2D eigenvalue weighted by Crippen LogP contribution is 2.45. The Kier molecular flexibility index (Phi) is 5.91. The Labute approximate surface area is 120 Å². The molecule has 1 aliphatic heterocycles.